The van der Waals surface area contributed by atoms with Crippen LogP contribution in [0.3, 0.4) is 0 Å². The molecule has 1 fully saturated rings. The summed E-state index contributed by atoms with van der Waals surface area (Å²) < 4.78 is 3.94. The van der Waals surface area contributed by atoms with Crippen LogP contribution in [0.25, 0.3) is 0 Å². The highest BCUT2D eigenvalue weighted by atomic mass is 32.1. The van der Waals surface area contributed by atoms with Crippen LogP contribution in [0.2, 0.25) is 0 Å². The summed E-state index contributed by atoms with van der Waals surface area (Å²) in [7, 11) is 0. The van der Waals surface area contributed by atoms with Crippen LogP contribution in [0.15, 0.2) is 0 Å². The van der Waals surface area contributed by atoms with E-state index in [1.54, 1.807) is 0 Å². The zero-order valence-corrected chi connectivity index (χ0v) is 9.39. The van der Waals surface area contributed by atoms with Gasteiger partial charge in [0.05, 0.1) is 10.6 Å². The van der Waals surface area contributed by atoms with E-state index < -0.39 is 0 Å². The lowest BCUT2D eigenvalue weighted by molar-refractivity contribution is 0.430. The number of rotatable bonds is 3. The minimum Gasteiger partial charge on any atom is -0.327 e. The summed E-state index contributed by atoms with van der Waals surface area (Å²) in [4.78, 5) is 1.27. The highest BCUT2D eigenvalue weighted by molar-refractivity contribution is 7.05. The SMILES string of the molecule is Cc1nnsc1CC(N)C1CCCC1. The smallest absolute Gasteiger partial charge is 0.0757 e. The minimum absolute atomic E-state index is 0.318. The number of nitrogens with zero attached hydrogens (tertiary/aromatic N) is 2. The van der Waals surface area contributed by atoms with Crippen LogP contribution in [0.1, 0.15) is 36.3 Å². The maximum absolute atomic E-state index is 6.19. The normalized spacial score (nSPS) is 20.1. The Hall–Kier alpha value is -0.480. The average Bonchev–Trinajstić information content (AvgIpc) is 2.77. The minimum atomic E-state index is 0.318. The summed E-state index contributed by atoms with van der Waals surface area (Å²) in [5, 5.41) is 4.01. The van der Waals surface area contributed by atoms with Crippen molar-refractivity contribution in [3.05, 3.63) is 10.6 Å². The van der Waals surface area contributed by atoms with Crippen molar-refractivity contribution < 1.29 is 0 Å². The van der Waals surface area contributed by atoms with Gasteiger partial charge in [0.1, 0.15) is 0 Å². The molecular formula is C10H17N3S. The van der Waals surface area contributed by atoms with Gasteiger partial charge < -0.3 is 5.73 Å². The molecule has 0 saturated heterocycles. The van der Waals surface area contributed by atoms with Crippen LogP contribution in [0, 0.1) is 12.8 Å². The molecule has 2 N–H and O–H groups in total. The Labute approximate surface area is 88.9 Å². The zero-order valence-electron chi connectivity index (χ0n) is 8.57. The fraction of sp³-hybridized carbons (Fsp3) is 0.800. The van der Waals surface area contributed by atoms with Crippen molar-refractivity contribution in [2.45, 2.75) is 45.1 Å². The Balaban J connectivity index is 1.93. The van der Waals surface area contributed by atoms with Crippen LogP contribution in [-0.4, -0.2) is 15.6 Å². The van der Waals surface area contributed by atoms with Crippen LogP contribution in [0.4, 0.5) is 0 Å². The molecule has 0 radical (unpaired) electrons. The van der Waals surface area contributed by atoms with Gasteiger partial charge in [-0.1, -0.05) is 17.3 Å². The Bertz CT molecular complexity index is 291. The molecule has 1 aromatic rings. The number of hydrogen-bond acceptors (Lipinski definition) is 4. The quantitative estimate of drug-likeness (QED) is 0.831. The summed E-state index contributed by atoms with van der Waals surface area (Å²) in [6, 6.07) is 0.318. The Morgan fingerprint density at radius 3 is 2.79 bits per heavy atom. The lowest BCUT2D eigenvalue weighted by Crippen LogP contribution is -2.30. The average molecular weight is 211 g/mol. The van der Waals surface area contributed by atoms with E-state index in [4.69, 9.17) is 5.73 Å². The second-order valence-corrected chi connectivity index (χ2v) is 5.03. The van der Waals surface area contributed by atoms with Gasteiger partial charge in [-0.25, -0.2) is 0 Å². The van der Waals surface area contributed by atoms with Crippen LogP contribution in [-0.2, 0) is 6.42 Å². The maximum atomic E-state index is 6.19. The fourth-order valence-corrected chi connectivity index (χ4v) is 2.91. The van der Waals surface area contributed by atoms with Crippen molar-refractivity contribution in [1.82, 2.24) is 9.59 Å². The highest BCUT2D eigenvalue weighted by Gasteiger charge is 2.23. The number of aromatic nitrogens is 2. The predicted molar refractivity (Wildman–Crippen MR) is 58.3 cm³/mol. The van der Waals surface area contributed by atoms with Crippen molar-refractivity contribution >= 4 is 11.5 Å². The summed E-state index contributed by atoms with van der Waals surface area (Å²) in [5.74, 6) is 0.733. The monoisotopic (exact) mass is 211 g/mol. The molecule has 0 amide bonds. The third-order valence-electron chi connectivity index (χ3n) is 3.17. The Morgan fingerprint density at radius 1 is 1.50 bits per heavy atom. The van der Waals surface area contributed by atoms with Gasteiger partial charge in [-0.05, 0) is 37.2 Å². The summed E-state index contributed by atoms with van der Waals surface area (Å²) in [6.45, 7) is 2.01. The molecule has 1 aliphatic rings. The lowest BCUT2D eigenvalue weighted by atomic mass is 9.95. The second kappa shape index (κ2) is 4.36. The molecule has 1 aromatic heterocycles. The van der Waals surface area contributed by atoms with E-state index >= 15 is 0 Å². The Morgan fingerprint density at radius 2 is 2.21 bits per heavy atom. The van der Waals surface area contributed by atoms with Gasteiger partial charge in [0, 0.05) is 12.5 Å². The Kier molecular flexibility index (Phi) is 3.13. The van der Waals surface area contributed by atoms with Gasteiger partial charge in [-0.3, -0.25) is 0 Å². The van der Waals surface area contributed by atoms with E-state index in [0.29, 0.717) is 6.04 Å². The van der Waals surface area contributed by atoms with E-state index in [1.165, 1.54) is 42.1 Å². The fourth-order valence-electron chi connectivity index (χ4n) is 2.20. The van der Waals surface area contributed by atoms with Gasteiger partial charge >= 0.3 is 0 Å². The number of aryl methyl sites for hydroxylation is 1. The molecule has 1 aliphatic carbocycles. The largest absolute Gasteiger partial charge is 0.327 e. The molecule has 0 aromatic carbocycles. The number of hydrogen-bond donors (Lipinski definition) is 1. The van der Waals surface area contributed by atoms with E-state index in [2.05, 4.69) is 9.59 Å². The molecule has 3 nitrogen and oxygen atoms in total. The lowest BCUT2D eigenvalue weighted by Gasteiger charge is -2.17. The van der Waals surface area contributed by atoms with E-state index in [0.717, 1.165) is 18.0 Å². The highest BCUT2D eigenvalue weighted by Crippen LogP contribution is 2.28. The van der Waals surface area contributed by atoms with Crippen molar-refractivity contribution in [3.8, 4) is 0 Å². The topological polar surface area (TPSA) is 51.8 Å². The first-order valence-electron chi connectivity index (χ1n) is 5.31. The van der Waals surface area contributed by atoms with Gasteiger partial charge in [0.25, 0.3) is 0 Å². The molecule has 1 unspecified atom stereocenters. The van der Waals surface area contributed by atoms with Crippen LogP contribution >= 0.6 is 11.5 Å². The van der Waals surface area contributed by atoms with Crippen molar-refractivity contribution in [3.63, 3.8) is 0 Å². The zero-order chi connectivity index (χ0) is 9.97. The molecular weight excluding hydrogens is 194 g/mol. The van der Waals surface area contributed by atoms with Crippen LogP contribution < -0.4 is 5.73 Å². The number of nitrogens with two attached hydrogens (primary N) is 1. The third-order valence-corrected chi connectivity index (χ3v) is 4.02. The third kappa shape index (κ3) is 2.12. The molecule has 1 saturated carbocycles. The molecule has 2 rings (SSSR count). The van der Waals surface area contributed by atoms with E-state index in [1.807, 2.05) is 6.92 Å². The molecule has 1 atom stereocenters. The maximum Gasteiger partial charge on any atom is 0.0757 e. The standard InChI is InChI=1S/C10H17N3S/c1-7-10(14-13-12-7)6-9(11)8-4-2-3-5-8/h8-9H,2-6,11H2,1H3. The van der Waals surface area contributed by atoms with Gasteiger partial charge in [0.15, 0.2) is 0 Å². The van der Waals surface area contributed by atoms with Gasteiger partial charge in [-0.15, -0.1) is 5.10 Å². The summed E-state index contributed by atoms with van der Waals surface area (Å²) in [6.07, 6.45) is 6.31. The van der Waals surface area contributed by atoms with Gasteiger partial charge in [0.2, 0.25) is 0 Å². The first kappa shape index (κ1) is 10.1. The molecule has 0 bridgehead atoms. The van der Waals surface area contributed by atoms with E-state index in [9.17, 15) is 0 Å². The first-order chi connectivity index (χ1) is 6.77. The van der Waals surface area contributed by atoms with Gasteiger partial charge in [-0.2, -0.15) is 0 Å². The molecule has 14 heavy (non-hydrogen) atoms. The molecule has 0 spiro atoms. The molecule has 4 heteroatoms. The predicted octanol–water partition coefficient (Wildman–Crippen LogP) is 1.91. The molecule has 1 heterocycles. The van der Waals surface area contributed by atoms with Crippen molar-refractivity contribution in [1.29, 1.82) is 0 Å². The summed E-state index contributed by atoms with van der Waals surface area (Å²) >= 11 is 1.50. The van der Waals surface area contributed by atoms with Crippen molar-refractivity contribution in [2.24, 2.45) is 11.7 Å². The van der Waals surface area contributed by atoms with E-state index in [-0.39, 0.29) is 0 Å². The van der Waals surface area contributed by atoms with Crippen molar-refractivity contribution in [2.75, 3.05) is 0 Å². The van der Waals surface area contributed by atoms with Crippen LogP contribution in [0.5, 0.6) is 0 Å². The second-order valence-electron chi connectivity index (χ2n) is 4.19. The summed E-state index contributed by atoms with van der Waals surface area (Å²) in [5.41, 5.74) is 7.25. The molecule has 78 valence electrons. The molecule has 0 aliphatic heterocycles. The first-order valence-corrected chi connectivity index (χ1v) is 6.08.